The molecule has 0 aliphatic carbocycles. The number of hydrogen-bond acceptors (Lipinski definition) is 2. The highest BCUT2D eigenvalue weighted by Gasteiger charge is 2.33. The zero-order valence-electron chi connectivity index (χ0n) is 7.80. The Morgan fingerprint density at radius 1 is 1.31 bits per heavy atom. The lowest BCUT2D eigenvalue weighted by molar-refractivity contribution is -0.137. The Balaban J connectivity index is 3.40. The minimum absolute atomic E-state index is 0.0881. The largest absolute Gasteiger partial charge is 0.417 e. The molecule has 0 heterocycles. The predicted octanol–water partition coefficient (Wildman–Crippen LogP) is 2.39. The van der Waals surface area contributed by atoms with Crippen LogP contribution in [0.1, 0.15) is 21.5 Å². The van der Waals surface area contributed by atoms with Crippen LogP contribution >= 0.6 is 0 Å². The molecule has 1 aromatic rings. The summed E-state index contributed by atoms with van der Waals surface area (Å²) >= 11 is 0. The molecule has 1 aromatic carbocycles. The van der Waals surface area contributed by atoms with Gasteiger partial charge in [-0.05, 0) is 12.1 Å². The number of carbonyl (C=O) groups excluding carboxylic acids is 1. The van der Waals surface area contributed by atoms with Crippen LogP contribution in [-0.4, -0.2) is 6.29 Å². The lowest BCUT2D eigenvalue weighted by Gasteiger charge is -2.09. The van der Waals surface area contributed by atoms with E-state index in [1.54, 1.807) is 0 Å². The van der Waals surface area contributed by atoms with Gasteiger partial charge >= 0.3 is 6.18 Å². The van der Waals surface area contributed by atoms with E-state index >= 15 is 0 Å². The molecule has 0 fully saturated rings. The van der Waals surface area contributed by atoms with Crippen LogP contribution < -0.4 is 0 Å². The third kappa shape index (κ3) is 2.61. The number of hydrogen-bond donors (Lipinski definition) is 0. The van der Waals surface area contributed by atoms with E-state index in [2.05, 4.69) is 5.92 Å². The van der Waals surface area contributed by atoms with Crippen molar-refractivity contribution in [3.63, 3.8) is 0 Å². The first-order chi connectivity index (χ1) is 7.49. The van der Waals surface area contributed by atoms with Crippen molar-refractivity contribution >= 4 is 6.29 Å². The minimum atomic E-state index is -4.60. The van der Waals surface area contributed by atoms with E-state index in [9.17, 15) is 18.0 Å². The summed E-state index contributed by atoms with van der Waals surface area (Å²) in [6.45, 7) is 0. The molecule has 0 saturated carbocycles. The molecule has 0 unspecified atom stereocenters. The van der Waals surface area contributed by atoms with Gasteiger partial charge in [-0.3, -0.25) is 4.79 Å². The maximum absolute atomic E-state index is 12.5. The maximum Gasteiger partial charge on any atom is 0.417 e. The normalized spacial score (nSPS) is 9.88. The third-order valence-corrected chi connectivity index (χ3v) is 1.74. The number of rotatable bonds is 1. The molecule has 5 heteroatoms. The van der Waals surface area contributed by atoms with Gasteiger partial charge < -0.3 is 0 Å². The summed E-state index contributed by atoms with van der Waals surface area (Å²) in [6.07, 6.45) is -4.28. The summed E-state index contributed by atoms with van der Waals surface area (Å²) in [4.78, 5) is 10.4. The van der Waals surface area contributed by atoms with Crippen LogP contribution in [0.2, 0.25) is 0 Å². The van der Waals surface area contributed by atoms with E-state index in [1.807, 2.05) is 5.92 Å². The summed E-state index contributed by atoms with van der Waals surface area (Å²) in [6, 6.07) is 4.41. The lowest BCUT2D eigenvalue weighted by Crippen LogP contribution is -2.08. The Morgan fingerprint density at radius 3 is 2.50 bits per heavy atom. The first-order valence-corrected chi connectivity index (χ1v) is 4.05. The van der Waals surface area contributed by atoms with Crippen molar-refractivity contribution in [2.24, 2.45) is 0 Å². The van der Waals surface area contributed by atoms with Crippen LogP contribution in [0.3, 0.4) is 0 Å². The molecule has 0 radical (unpaired) electrons. The highest BCUT2D eigenvalue weighted by atomic mass is 19.4. The van der Waals surface area contributed by atoms with Gasteiger partial charge in [-0.1, -0.05) is 12.0 Å². The molecule has 0 aliphatic rings. The molecule has 0 atom stereocenters. The quantitative estimate of drug-likeness (QED) is 0.541. The van der Waals surface area contributed by atoms with Gasteiger partial charge in [-0.25, -0.2) is 0 Å². The maximum atomic E-state index is 12.5. The lowest BCUT2D eigenvalue weighted by atomic mass is 10.0. The van der Waals surface area contributed by atoms with E-state index in [0.717, 1.165) is 6.07 Å². The van der Waals surface area contributed by atoms with E-state index in [4.69, 9.17) is 5.26 Å². The molecular formula is C11H4F3NO. The molecule has 0 spiro atoms. The number of halogens is 3. The second-order valence-electron chi connectivity index (χ2n) is 2.78. The van der Waals surface area contributed by atoms with Crippen molar-refractivity contribution in [1.82, 2.24) is 0 Å². The third-order valence-electron chi connectivity index (χ3n) is 1.74. The van der Waals surface area contributed by atoms with Gasteiger partial charge in [0.1, 0.15) is 6.29 Å². The number of nitriles is 1. The monoisotopic (exact) mass is 223 g/mol. The summed E-state index contributed by atoms with van der Waals surface area (Å²) in [5.74, 6) is 3.96. The number of benzene rings is 1. The number of alkyl halides is 3. The Bertz CT molecular complexity index is 515. The Morgan fingerprint density at radius 2 is 2.00 bits per heavy atom. The molecule has 16 heavy (non-hydrogen) atoms. The molecule has 0 aromatic heterocycles. The number of carbonyl (C=O) groups is 1. The van der Waals surface area contributed by atoms with Crippen LogP contribution in [0.25, 0.3) is 0 Å². The molecule has 80 valence electrons. The van der Waals surface area contributed by atoms with Gasteiger partial charge in [0.15, 0.2) is 6.07 Å². The Labute approximate surface area is 89.3 Å². The molecule has 0 amide bonds. The average molecular weight is 223 g/mol. The molecule has 0 aliphatic heterocycles. The van der Waals surface area contributed by atoms with Crippen molar-refractivity contribution in [3.8, 4) is 17.9 Å². The van der Waals surface area contributed by atoms with Crippen LogP contribution in [0.5, 0.6) is 0 Å². The fourth-order valence-corrected chi connectivity index (χ4v) is 1.07. The van der Waals surface area contributed by atoms with Crippen molar-refractivity contribution in [1.29, 1.82) is 5.26 Å². The minimum Gasteiger partial charge on any atom is -0.298 e. The molecule has 0 N–H and O–H groups in total. The highest BCUT2D eigenvalue weighted by molar-refractivity contribution is 5.75. The van der Waals surface area contributed by atoms with Crippen molar-refractivity contribution in [3.05, 3.63) is 34.9 Å². The summed E-state index contributed by atoms with van der Waals surface area (Å²) < 4.78 is 37.6. The zero-order valence-corrected chi connectivity index (χ0v) is 7.80. The topological polar surface area (TPSA) is 40.9 Å². The van der Waals surface area contributed by atoms with Crippen LogP contribution in [0.4, 0.5) is 13.2 Å². The molecule has 2 nitrogen and oxygen atoms in total. The molecule has 0 saturated heterocycles. The van der Waals surface area contributed by atoms with E-state index in [0.29, 0.717) is 12.4 Å². The molecular weight excluding hydrogens is 219 g/mol. The van der Waals surface area contributed by atoms with Gasteiger partial charge in [-0.2, -0.15) is 18.4 Å². The standard InChI is InChI=1S/C11H4F3NO/c12-11(13,14)10-6-8(7-16)3-4-9(10)2-1-5-15/h3-4,6-7H. The Kier molecular flexibility index (Phi) is 3.32. The van der Waals surface area contributed by atoms with Crippen molar-refractivity contribution in [2.75, 3.05) is 0 Å². The van der Waals surface area contributed by atoms with Gasteiger partial charge in [0, 0.05) is 17.0 Å². The number of aldehydes is 1. The summed E-state index contributed by atoms with van der Waals surface area (Å²) in [5.41, 5.74) is -1.42. The van der Waals surface area contributed by atoms with Crippen LogP contribution in [0, 0.1) is 23.2 Å². The van der Waals surface area contributed by atoms with Gasteiger partial charge in [-0.15, -0.1) is 0 Å². The SMILES string of the molecule is N#CC#Cc1ccc(C=O)cc1C(F)(F)F. The number of nitrogens with zero attached hydrogens (tertiary/aromatic N) is 1. The van der Waals surface area contributed by atoms with E-state index in [-0.39, 0.29) is 11.1 Å². The van der Waals surface area contributed by atoms with Crippen molar-refractivity contribution in [2.45, 2.75) is 6.18 Å². The summed E-state index contributed by atoms with van der Waals surface area (Å²) in [7, 11) is 0. The average Bonchev–Trinajstić information content (AvgIpc) is 2.25. The van der Waals surface area contributed by atoms with Gasteiger partial charge in [0.05, 0.1) is 5.56 Å². The first-order valence-electron chi connectivity index (χ1n) is 4.05. The molecule has 1 rings (SSSR count). The summed E-state index contributed by atoms with van der Waals surface area (Å²) in [5, 5.41) is 8.16. The van der Waals surface area contributed by atoms with Crippen LogP contribution in [-0.2, 0) is 6.18 Å². The van der Waals surface area contributed by atoms with Gasteiger partial charge in [0.25, 0.3) is 0 Å². The van der Waals surface area contributed by atoms with Gasteiger partial charge in [0.2, 0.25) is 0 Å². The van der Waals surface area contributed by atoms with Crippen LogP contribution in [0.15, 0.2) is 18.2 Å². The van der Waals surface area contributed by atoms with E-state index < -0.39 is 11.7 Å². The van der Waals surface area contributed by atoms with E-state index in [1.165, 1.54) is 12.1 Å². The highest BCUT2D eigenvalue weighted by Crippen LogP contribution is 2.32. The first kappa shape index (κ1) is 11.8. The Hall–Kier alpha value is -2.27. The fourth-order valence-electron chi connectivity index (χ4n) is 1.07. The second-order valence-corrected chi connectivity index (χ2v) is 2.78. The smallest absolute Gasteiger partial charge is 0.298 e. The molecule has 0 bridgehead atoms. The fraction of sp³-hybridized carbons (Fsp3) is 0.0909. The predicted molar refractivity (Wildman–Crippen MR) is 49.3 cm³/mol. The van der Waals surface area contributed by atoms with Crippen molar-refractivity contribution < 1.29 is 18.0 Å². The zero-order chi connectivity index (χ0) is 12.2. The second kappa shape index (κ2) is 4.50.